The van der Waals surface area contributed by atoms with E-state index in [2.05, 4.69) is 22.4 Å². The topological polar surface area (TPSA) is 170 Å². The molecule has 0 spiro atoms. The SMILES string of the molecule is C=S(C)Nc1ccc(C#Cc2ccc(O)c3c2C[C@H]2C[C@H]4CC(=O)C(C(N)=O)=C(O)[C@@]4(O)C(=O)C2=C3O)cc1. The number of Topliss-reactive ketones (excluding diaryl/α,β-unsaturated/α-hetero) is 2. The first-order chi connectivity index (χ1) is 18.4. The lowest BCUT2D eigenvalue weighted by Gasteiger charge is -2.46. The van der Waals surface area contributed by atoms with Crippen molar-refractivity contribution >= 4 is 45.5 Å². The summed E-state index contributed by atoms with van der Waals surface area (Å²) in [5.41, 5.74) is 4.36. The van der Waals surface area contributed by atoms with E-state index >= 15 is 0 Å². The van der Waals surface area contributed by atoms with Gasteiger partial charge < -0.3 is 30.9 Å². The number of benzene rings is 2. The van der Waals surface area contributed by atoms with Gasteiger partial charge in [-0.3, -0.25) is 14.4 Å². The summed E-state index contributed by atoms with van der Waals surface area (Å²) in [6.45, 7) is 0. The average Bonchev–Trinajstić information content (AvgIpc) is 2.86. The Bertz CT molecular complexity index is 1610. The molecular weight excluding hydrogens is 520 g/mol. The summed E-state index contributed by atoms with van der Waals surface area (Å²) in [5.74, 6) is 3.49. The van der Waals surface area contributed by atoms with Gasteiger partial charge in [0.05, 0.1) is 5.56 Å². The molecule has 200 valence electrons. The first-order valence-corrected chi connectivity index (χ1v) is 13.9. The van der Waals surface area contributed by atoms with Gasteiger partial charge in [0.2, 0.25) is 5.78 Å². The summed E-state index contributed by atoms with van der Waals surface area (Å²) in [5, 5.41) is 43.8. The van der Waals surface area contributed by atoms with Crippen LogP contribution in [0.3, 0.4) is 0 Å². The van der Waals surface area contributed by atoms with Gasteiger partial charge >= 0.3 is 0 Å². The minimum absolute atomic E-state index is 0.0129. The highest BCUT2D eigenvalue weighted by atomic mass is 32.2. The molecule has 1 amide bonds. The summed E-state index contributed by atoms with van der Waals surface area (Å²) in [6.07, 6.45) is 1.84. The lowest BCUT2D eigenvalue weighted by Crippen LogP contribution is -2.58. The molecular formula is C29H26N2O7S. The highest BCUT2D eigenvalue weighted by molar-refractivity contribution is 8.14. The normalized spacial score (nSPS) is 24.7. The second-order valence-electron chi connectivity index (χ2n) is 9.96. The van der Waals surface area contributed by atoms with Crippen molar-refractivity contribution in [3.63, 3.8) is 0 Å². The van der Waals surface area contributed by atoms with Crippen molar-refractivity contribution in [2.24, 2.45) is 17.6 Å². The van der Waals surface area contributed by atoms with E-state index in [0.717, 1.165) is 11.3 Å². The second kappa shape index (κ2) is 9.45. The van der Waals surface area contributed by atoms with Crippen LogP contribution in [0.2, 0.25) is 0 Å². The number of aliphatic hydroxyl groups excluding tert-OH is 2. The number of amides is 1. The van der Waals surface area contributed by atoms with E-state index in [0.29, 0.717) is 11.1 Å². The van der Waals surface area contributed by atoms with E-state index in [1.165, 1.54) is 6.07 Å². The molecule has 1 fully saturated rings. The van der Waals surface area contributed by atoms with Crippen molar-refractivity contribution in [3.05, 3.63) is 75.6 Å². The van der Waals surface area contributed by atoms with Gasteiger partial charge in [-0.05, 0) is 67.0 Å². The predicted molar refractivity (Wildman–Crippen MR) is 148 cm³/mol. The van der Waals surface area contributed by atoms with Gasteiger partial charge in [0.25, 0.3) is 5.91 Å². The van der Waals surface area contributed by atoms with E-state index in [9.17, 15) is 34.8 Å². The fourth-order valence-corrected chi connectivity index (χ4v) is 6.24. The van der Waals surface area contributed by atoms with Gasteiger partial charge in [-0.1, -0.05) is 17.7 Å². The van der Waals surface area contributed by atoms with Crippen LogP contribution < -0.4 is 10.5 Å². The highest BCUT2D eigenvalue weighted by Crippen LogP contribution is 2.52. The number of nitrogens with two attached hydrogens (primary N) is 1. The zero-order valence-corrected chi connectivity index (χ0v) is 21.8. The number of primary amides is 1. The molecule has 3 aliphatic carbocycles. The Balaban J connectivity index is 1.57. The van der Waals surface area contributed by atoms with Gasteiger partial charge in [0, 0.05) is 34.7 Å². The maximum atomic E-state index is 13.6. The molecule has 5 rings (SSSR count). The number of anilines is 1. The van der Waals surface area contributed by atoms with Crippen molar-refractivity contribution in [2.45, 2.75) is 24.9 Å². The molecule has 1 saturated carbocycles. The molecule has 0 bridgehead atoms. The third kappa shape index (κ3) is 4.20. The number of carbonyl (C=O) groups is 3. The predicted octanol–water partition coefficient (Wildman–Crippen LogP) is 2.48. The summed E-state index contributed by atoms with van der Waals surface area (Å²) < 4.78 is 3.22. The average molecular weight is 547 g/mol. The van der Waals surface area contributed by atoms with Crippen LogP contribution in [0.5, 0.6) is 5.75 Å². The molecule has 3 aliphatic rings. The second-order valence-corrected chi connectivity index (χ2v) is 11.4. The van der Waals surface area contributed by atoms with Crippen LogP contribution in [0.15, 0.2) is 53.3 Å². The fraction of sp³-hybridized carbons (Fsp3) is 0.241. The summed E-state index contributed by atoms with van der Waals surface area (Å²) in [6, 6.07) is 10.5. The van der Waals surface area contributed by atoms with Gasteiger partial charge in [0.1, 0.15) is 22.8 Å². The molecule has 2 aromatic carbocycles. The molecule has 39 heavy (non-hydrogen) atoms. The van der Waals surface area contributed by atoms with E-state index in [1.807, 2.05) is 30.5 Å². The fourth-order valence-electron chi connectivity index (χ4n) is 5.70. The number of rotatable bonds is 3. The maximum absolute atomic E-state index is 13.6. The Hall–Kier alpha value is -4.33. The first kappa shape index (κ1) is 26.3. The third-order valence-corrected chi connectivity index (χ3v) is 8.05. The molecule has 9 nitrogen and oxygen atoms in total. The van der Waals surface area contributed by atoms with Gasteiger partial charge in [-0.2, -0.15) is 0 Å². The standard InChI is InChI=1S/C29H26N2O7S/c1-39(2)31-18-8-4-14(5-9-18)3-6-15-7-10-20(32)23-19(15)12-16-11-17-13-21(33)24(28(30)37)27(36)29(17,38)26(35)22(16)25(23)34/h4-5,7-10,16-17,31-32,34,36,38H,1,11-13H2,2H3,(H2,30,37)/t16-,17+,29+,39?/m1/s1. The molecule has 2 aromatic rings. The Morgan fingerprint density at radius 3 is 2.44 bits per heavy atom. The number of phenols is 1. The van der Waals surface area contributed by atoms with Crippen LogP contribution in [0, 0.1) is 23.7 Å². The number of phenolic OH excluding ortho intramolecular Hbond substituents is 1. The molecule has 0 radical (unpaired) electrons. The molecule has 0 aliphatic heterocycles. The van der Waals surface area contributed by atoms with E-state index in [4.69, 9.17) is 5.73 Å². The van der Waals surface area contributed by atoms with Crippen LogP contribution in [0.4, 0.5) is 5.69 Å². The summed E-state index contributed by atoms with van der Waals surface area (Å²) in [7, 11) is -0.216. The van der Waals surface area contributed by atoms with Gasteiger partial charge in [0.15, 0.2) is 11.4 Å². The van der Waals surface area contributed by atoms with Crippen molar-refractivity contribution in [1.29, 1.82) is 0 Å². The van der Waals surface area contributed by atoms with Gasteiger partial charge in [-0.25, -0.2) is 0 Å². The molecule has 0 saturated heterocycles. The summed E-state index contributed by atoms with van der Waals surface area (Å²) >= 11 is 0. The number of nitrogens with one attached hydrogen (secondary N) is 1. The Labute approximate surface area is 226 Å². The van der Waals surface area contributed by atoms with Crippen LogP contribution in [-0.2, 0) is 20.8 Å². The zero-order valence-electron chi connectivity index (χ0n) is 20.9. The number of fused-ring (bicyclic) bond motifs is 3. The highest BCUT2D eigenvalue weighted by Gasteiger charge is 2.60. The van der Waals surface area contributed by atoms with Crippen LogP contribution in [0.1, 0.15) is 35.1 Å². The smallest absolute Gasteiger partial charge is 0.255 e. The Kier molecular flexibility index (Phi) is 6.37. The number of aromatic hydroxyl groups is 1. The van der Waals surface area contributed by atoms with Crippen LogP contribution >= 0.6 is 10.7 Å². The number of carbonyl (C=O) groups excluding carboxylic acids is 3. The van der Waals surface area contributed by atoms with E-state index in [-0.39, 0.29) is 46.8 Å². The minimum atomic E-state index is -2.59. The van der Waals surface area contributed by atoms with Crippen LogP contribution in [-0.4, -0.2) is 55.6 Å². The Morgan fingerprint density at radius 2 is 1.79 bits per heavy atom. The number of hydrogen-bond acceptors (Lipinski definition) is 8. The first-order valence-electron chi connectivity index (χ1n) is 12.1. The molecule has 10 heteroatoms. The molecule has 0 heterocycles. The zero-order chi connectivity index (χ0) is 28.2. The van der Waals surface area contributed by atoms with Crippen molar-refractivity contribution in [3.8, 4) is 17.6 Å². The lowest BCUT2D eigenvalue weighted by atomic mass is 9.59. The monoisotopic (exact) mass is 546 g/mol. The van der Waals surface area contributed by atoms with E-state index in [1.54, 1.807) is 6.07 Å². The summed E-state index contributed by atoms with van der Waals surface area (Å²) in [4.78, 5) is 37.8. The number of aliphatic hydroxyl groups is 3. The molecule has 4 atom stereocenters. The van der Waals surface area contributed by atoms with Crippen LogP contribution in [0.25, 0.3) is 5.76 Å². The number of ketones is 2. The third-order valence-electron chi connectivity index (χ3n) is 7.47. The minimum Gasteiger partial charge on any atom is -0.508 e. The lowest BCUT2D eigenvalue weighted by molar-refractivity contribution is -0.147. The quantitative estimate of drug-likeness (QED) is 0.194. The Morgan fingerprint density at radius 1 is 1.10 bits per heavy atom. The van der Waals surface area contributed by atoms with Gasteiger partial charge in [-0.15, -0.1) is 10.7 Å². The van der Waals surface area contributed by atoms with E-state index < -0.39 is 52.0 Å². The molecule has 0 aromatic heterocycles. The molecule has 7 N–H and O–H groups in total. The number of hydrogen-bond donors (Lipinski definition) is 6. The largest absolute Gasteiger partial charge is 0.508 e. The maximum Gasteiger partial charge on any atom is 0.255 e. The molecule has 1 unspecified atom stereocenters. The van der Waals surface area contributed by atoms with Crippen molar-refractivity contribution < 1.29 is 34.8 Å². The van der Waals surface area contributed by atoms with Crippen molar-refractivity contribution in [2.75, 3.05) is 11.0 Å². The van der Waals surface area contributed by atoms with Crippen molar-refractivity contribution in [1.82, 2.24) is 0 Å².